The van der Waals surface area contributed by atoms with Crippen LogP contribution in [-0.4, -0.2) is 24.4 Å². The average Bonchev–Trinajstić information content (AvgIpc) is 3.30. The minimum absolute atomic E-state index is 0.00831. The fraction of sp³-hybridized carbons (Fsp3) is 0.200. The summed E-state index contributed by atoms with van der Waals surface area (Å²) in [5.41, 5.74) is 8.08. The van der Waals surface area contributed by atoms with Crippen LogP contribution in [-0.2, 0) is 16.1 Å². The van der Waals surface area contributed by atoms with Crippen molar-refractivity contribution in [3.63, 3.8) is 0 Å². The average molecular weight is 515 g/mol. The maximum absolute atomic E-state index is 13.9. The third kappa shape index (κ3) is 3.98. The Balaban J connectivity index is 1.68. The number of esters is 1. The fourth-order valence-electron chi connectivity index (χ4n) is 4.34. The van der Waals surface area contributed by atoms with Gasteiger partial charge in [-0.1, -0.05) is 35.3 Å². The molecule has 0 saturated heterocycles. The lowest BCUT2D eigenvalue weighted by molar-refractivity contribution is -0.136. The monoisotopic (exact) mass is 514 g/mol. The number of carbonyl (C=O) groups excluding carboxylic acids is 1. The number of fused-ring (bicyclic) bond motifs is 2. The van der Waals surface area contributed by atoms with Gasteiger partial charge in [-0.25, -0.2) is 4.79 Å². The van der Waals surface area contributed by atoms with E-state index in [-0.39, 0.29) is 46.7 Å². The lowest BCUT2D eigenvalue weighted by Crippen LogP contribution is -2.35. The van der Waals surface area contributed by atoms with Gasteiger partial charge in [-0.2, -0.15) is 0 Å². The summed E-state index contributed by atoms with van der Waals surface area (Å²) < 4.78 is 23.1. The van der Waals surface area contributed by atoms with E-state index in [1.165, 1.54) is 7.11 Å². The van der Waals surface area contributed by atoms with Crippen LogP contribution < -0.4 is 25.5 Å². The van der Waals surface area contributed by atoms with Gasteiger partial charge in [-0.3, -0.25) is 4.79 Å². The normalized spacial score (nSPS) is 16.1. The lowest BCUT2D eigenvalue weighted by atomic mass is 9.83. The number of carbonyl (C=O) groups is 1. The molecule has 0 fully saturated rings. The highest BCUT2D eigenvalue weighted by atomic mass is 35.5. The van der Waals surface area contributed by atoms with Gasteiger partial charge < -0.3 is 29.2 Å². The Morgan fingerprint density at radius 1 is 1.09 bits per heavy atom. The van der Waals surface area contributed by atoms with Crippen LogP contribution >= 0.6 is 23.2 Å². The first-order chi connectivity index (χ1) is 16.8. The summed E-state index contributed by atoms with van der Waals surface area (Å²) in [6, 6.07) is 12.1. The summed E-state index contributed by atoms with van der Waals surface area (Å²) in [4.78, 5) is 26.7. The van der Waals surface area contributed by atoms with Gasteiger partial charge in [0.2, 0.25) is 12.7 Å². The van der Waals surface area contributed by atoms with Gasteiger partial charge in [0, 0.05) is 11.8 Å². The Bertz CT molecular complexity index is 1460. The summed E-state index contributed by atoms with van der Waals surface area (Å²) >= 11 is 12.4. The van der Waals surface area contributed by atoms with E-state index in [1.807, 2.05) is 12.1 Å². The van der Waals surface area contributed by atoms with Gasteiger partial charge in [-0.15, -0.1) is 0 Å². The molecule has 3 heterocycles. The first-order valence-corrected chi connectivity index (χ1v) is 11.4. The van der Waals surface area contributed by atoms with Gasteiger partial charge in [0.25, 0.3) is 5.56 Å². The van der Waals surface area contributed by atoms with Gasteiger partial charge in [-0.05, 0) is 42.3 Å². The molecule has 1 unspecified atom stereocenters. The SMILES string of the molecule is COC(=O)C1=C(N)Oc2cc(C)n(Cc3ccc4c(c3)OCO4)c(=O)c2C1c1ccc(Cl)c(Cl)c1. The zero-order chi connectivity index (χ0) is 24.9. The number of aromatic nitrogens is 1. The Labute approximate surface area is 210 Å². The standard InChI is InChI=1S/C25H20Cl2N2O6/c1-12-7-19-21(24(30)29(12)10-13-3-6-17-18(8-13)34-11-33-17)20(14-4-5-15(26)16(27)9-14)22(23(28)35-19)25(31)32-2/h3-9,20H,10-11,28H2,1-2H3. The zero-order valence-electron chi connectivity index (χ0n) is 18.8. The van der Waals surface area contributed by atoms with Crippen molar-refractivity contribution in [1.29, 1.82) is 0 Å². The molecule has 2 aromatic carbocycles. The third-order valence-corrected chi connectivity index (χ3v) is 6.77. The number of rotatable bonds is 4. The van der Waals surface area contributed by atoms with E-state index in [0.29, 0.717) is 27.8 Å². The number of aryl methyl sites for hydroxylation is 1. The lowest BCUT2D eigenvalue weighted by Gasteiger charge is -2.29. The summed E-state index contributed by atoms with van der Waals surface area (Å²) in [6.45, 7) is 2.21. The molecule has 0 saturated carbocycles. The number of nitrogens with two attached hydrogens (primary N) is 1. The van der Waals surface area contributed by atoms with Crippen LogP contribution in [0.4, 0.5) is 0 Å². The molecule has 2 aliphatic rings. The number of methoxy groups -OCH3 is 1. The summed E-state index contributed by atoms with van der Waals surface area (Å²) in [6.07, 6.45) is 0. The topological polar surface area (TPSA) is 102 Å². The largest absolute Gasteiger partial charge is 0.465 e. The summed E-state index contributed by atoms with van der Waals surface area (Å²) in [5.74, 6) is -0.210. The zero-order valence-corrected chi connectivity index (χ0v) is 20.3. The number of pyridine rings is 1. The van der Waals surface area contributed by atoms with Crippen LogP contribution in [0.15, 0.2) is 58.7 Å². The predicted octanol–water partition coefficient (Wildman–Crippen LogP) is 4.11. The molecule has 5 rings (SSSR count). The van der Waals surface area contributed by atoms with E-state index < -0.39 is 11.9 Å². The van der Waals surface area contributed by atoms with Crippen molar-refractivity contribution >= 4 is 29.2 Å². The number of halogens is 2. The van der Waals surface area contributed by atoms with Crippen molar-refractivity contribution in [1.82, 2.24) is 4.57 Å². The van der Waals surface area contributed by atoms with Crippen LogP contribution in [0.2, 0.25) is 10.0 Å². The molecule has 1 aromatic heterocycles. The van der Waals surface area contributed by atoms with E-state index in [1.54, 1.807) is 41.8 Å². The van der Waals surface area contributed by atoms with Crippen molar-refractivity contribution in [2.45, 2.75) is 19.4 Å². The number of ether oxygens (including phenoxy) is 4. The van der Waals surface area contributed by atoms with Crippen LogP contribution in [0.5, 0.6) is 17.2 Å². The number of hydrogen-bond acceptors (Lipinski definition) is 7. The highest BCUT2D eigenvalue weighted by molar-refractivity contribution is 6.42. The molecule has 0 radical (unpaired) electrons. The van der Waals surface area contributed by atoms with E-state index in [2.05, 4.69) is 0 Å². The molecule has 3 aromatic rings. The number of nitrogens with zero attached hydrogens (tertiary/aromatic N) is 1. The maximum atomic E-state index is 13.9. The Morgan fingerprint density at radius 2 is 1.86 bits per heavy atom. The van der Waals surface area contributed by atoms with Crippen LogP contribution in [0.25, 0.3) is 0 Å². The molecular formula is C25H20Cl2N2O6. The summed E-state index contributed by atoms with van der Waals surface area (Å²) in [5, 5.41) is 0.608. The van der Waals surface area contributed by atoms with E-state index in [0.717, 1.165) is 5.56 Å². The second kappa shape index (κ2) is 8.87. The van der Waals surface area contributed by atoms with Crippen LogP contribution in [0.3, 0.4) is 0 Å². The van der Waals surface area contributed by atoms with Gasteiger partial charge in [0.05, 0.1) is 35.2 Å². The predicted molar refractivity (Wildman–Crippen MR) is 129 cm³/mol. The molecule has 0 spiro atoms. The van der Waals surface area contributed by atoms with E-state index in [9.17, 15) is 9.59 Å². The van der Waals surface area contributed by atoms with Crippen molar-refractivity contribution in [3.8, 4) is 17.2 Å². The van der Waals surface area contributed by atoms with Crippen molar-refractivity contribution < 1.29 is 23.7 Å². The molecule has 2 aliphatic heterocycles. The Morgan fingerprint density at radius 3 is 2.60 bits per heavy atom. The van der Waals surface area contributed by atoms with Crippen LogP contribution in [0, 0.1) is 6.92 Å². The first-order valence-electron chi connectivity index (χ1n) is 10.6. The number of hydrogen-bond donors (Lipinski definition) is 1. The molecule has 10 heteroatoms. The third-order valence-electron chi connectivity index (χ3n) is 6.03. The Hall–Kier alpha value is -3.62. The Kier molecular flexibility index (Phi) is 5.86. The quantitative estimate of drug-likeness (QED) is 0.522. The van der Waals surface area contributed by atoms with E-state index >= 15 is 0 Å². The summed E-state index contributed by atoms with van der Waals surface area (Å²) in [7, 11) is 1.23. The minimum atomic E-state index is -0.878. The maximum Gasteiger partial charge on any atom is 0.340 e. The molecular weight excluding hydrogens is 495 g/mol. The van der Waals surface area contributed by atoms with Crippen molar-refractivity contribution in [2.24, 2.45) is 5.73 Å². The van der Waals surface area contributed by atoms with Crippen molar-refractivity contribution in [2.75, 3.05) is 13.9 Å². The van der Waals surface area contributed by atoms with E-state index in [4.69, 9.17) is 47.9 Å². The second-order valence-corrected chi connectivity index (χ2v) is 8.94. The minimum Gasteiger partial charge on any atom is -0.465 e. The molecule has 35 heavy (non-hydrogen) atoms. The highest BCUT2D eigenvalue weighted by Gasteiger charge is 2.38. The fourth-order valence-corrected chi connectivity index (χ4v) is 4.65. The first kappa shape index (κ1) is 23.1. The molecule has 0 bridgehead atoms. The number of benzene rings is 2. The smallest absolute Gasteiger partial charge is 0.340 e. The molecule has 8 nitrogen and oxygen atoms in total. The molecule has 2 N–H and O–H groups in total. The van der Waals surface area contributed by atoms with Crippen molar-refractivity contribution in [3.05, 3.63) is 96.7 Å². The molecule has 180 valence electrons. The van der Waals surface area contributed by atoms with Crippen LogP contribution in [0.1, 0.15) is 28.3 Å². The second-order valence-electron chi connectivity index (χ2n) is 8.12. The van der Waals surface area contributed by atoms with Gasteiger partial charge in [0.15, 0.2) is 11.5 Å². The highest BCUT2D eigenvalue weighted by Crippen LogP contribution is 2.42. The molecule has 1 atom stereocenters. The van der Waals surface area contributed by atoms with Gasteiger partial charge in [0.1, 0.15) is 11.3 Å². The van der Waals surface area contributed by atoms with Gasteiger partial charge >= 0.3 is 5.97 Å². The molecule has 0 amide bonds. The molecule has 0 aliphatic carbocycles.